The molecule has 5 heteroatoms. The number of hydrogen-bond acceptors (Lipinski definition) is 5. The van der Waals surface area contributed by atoms with Crippen LogP contribution < -0.4 is 0 Å². The molecule has 0 aromatic heterocycles. The van der Waals surface area contributed by atoms with Gasteiger partial charge in [-0.3, -0.25) is 4.79 Å². The van der Waals surface area contributed by atoms with Crippen LogP contribution in [0, 0.1) is 52.3 Å². The van der Waals surface area contributed by atoms with Gasteiger partial charge in [-0.2, -0.15) is 0 Å². The summed E-state index contributed by atoms with van der Waals surface area (Å²) in [7, 11) is 0. The van der Waals surface area contributed by atoms with Crippen LogP contribution in [0.15, 0.2) is 0 Å². The van der Waals surface area contributed by atoms with Crippen LogP contribution in [-0.2, 0) is 4.79 Å². The molecule has 4 aliphatic carbocycles. The molecule has 4 N–H and O–H groups in total. The number of hydrogen-bond donors (Lipinski definition) is 4. The minimum absolute atomic E-state index is 0.000396. The average Bonchev–Trinajstić information content (AvgIpc) is 2.99. The zero-order chi connectivity index (χ0) is 23.6. The zero-order valence-corrected chi connectivity index (χ0v) is 20.7. The van der Waals surface area contributed by atoms with E-state index in [9.17, 15) is 25.2 Å². The van der Waals surface area contributed by atoms with Gasteiger partial charge in [0.25, 0.3) is 0 Å². The number of carbonyl (C=O) groups is 1. The molecule has 2 unspecified atom stereocenters. The van der Waals surface area contributed by atoms with Crippen molar-refractivity contribution in [1.82, 2.24) is 0 Å². The SMILES string of the molecule is CC(C)C(O)C(O)C[C@@H](C)[C@H]1[C@@H](O)C[C@H]2[C@@H]3CC(=O)[C@H]4C[C@@H](O)CC[C@]4(C)[C@H]3CC[C@]12C. The van der Waals surface area contributed by atoms with Crippen LogP contribution in [0.25, 0.3) is 0 Å². The van der Waals surface area contributed by atoms with Gasteiger partial charge in [-0.05, 0) is 91.3 Å². The van der Waals surface area contributed by atoms with Crippen LogP contribution in [-0.4, -0.2) is 50.6 Å². The Hall–Kier alpha value is -0.490. The van der Waals surface area contributed by atoms with Crippen molar-refractivity contribution in [2.75, 3.05) is 0 Å². The Morgan fingerprint density at radius 1 is 0.969 bits per heavy atom. The van der Waals surface area contributed by atoms with E-state index in [-0.39, 0.29) is 40.6 Å². The summed E-state index contributed by atoms with van der Waals surface area (Å²) in [6.45, 7) is 10.6. The van der Waals surface area contributed by atoms with E-state index in [0.29, 0.717) is 42.8 Å². The summed E-state index contributed by atoms with van der Waals surface area (Å²) < 4.78 is 0. The zero-order valence-electron chi connectivity index (χ0n) is 20.7. The van der Waals surface area contributed by atoms with Crippen molar-refractivity contribution in [2.45, 2.75) is 110 Å². The van der Waals surface area contributed by atoms with Gasteiger partial charge in [0.05, 0.1) is 24.4 Å². The smallest absolute Gasteiger partial charge is 0.136 e. The van der Waals surface area contributed by atoms with Gasteiger partial charge in [-0.1, -0.05) is 34.6 Å². The summed E-state index contributed by atoms with van der Waals surface area (Å²) in [6, 6.07) is 0. The molecule has 0 spiro atoms. The lowest BCUT2D eigenvalue weighted by molar-refractivity contribution is -0.160. The molecule has 0 aliphatic heterocycles. The van der Waals surface area contributed by atoms with Crippen LogP contribution in [0.2, 0.25) is 0 Å². The normalized spacial score (nSPS) is 49.2. The molecule has 4 fully saturated rings. The minimum atomic E-state index is -0.777. The second-order valence-corrected chi connectivity index (χ2v) is 12.9. The summed E-state index contributed by atoms with van der Waals surface area (Å²) >= 11 is 0. The molecule has 32 heavy (non-hydrogen) atoms. The van der Waals surface area contributed by atoms with Crippen LogP contribution in [0.4, 0.5) is 0 Å². The van der Waals surface area contributed by atoms with Crippen molar-refractivity contribution in [2.24, 2.45) is 52.3 Å². The molecule has 4 rings (SSSR count). The number of Topliss-reactive ketones (excluding diaryl/α,β-unsaturated/α-hetero) is 1. The minimum Gasteiger partial charge on any atom is -0.393 e. The highest BCUT2D eigenvalue weighted by Gasteiger charge is 2.64. The van der Waals surface area contributed by atoms with Crippen molar-refractivity contribution in [3.05, 3.63) is 0 Å². The van der Waals surface area contributed by atoms with Crippen LogP contribution in [0.5, 0.6) is 0 Å². The number of carbonyl (C=O) groups excluding carboxylic acids is 1. The average molecular weight is 451 g/mol. The standard InChI is InChI=1S/C27H46O5/c1-14(2)25(32)23(31)10-15(3)24-22(30)13-19-17-12-21(29)20-11-16(28)6-8-26(20,4)18(17)7-9-27(19,24)5/h14-20,22-25,28,30-32H,6-13H2,1-5H3/t15-,16+,17-,18+,19+,20-,22+,23?,24+,25?,26-,27+/m1/s1. The summed E-state index contributed by atoms with van der Waals surface area (Å²) in [5.41, 5.74) is -0.0626. The van der Waals surface area contributed by atoms with Crippen LogP contribution in [0.1, 0.15) is 86.0 Å². The van der Waals surface area contributed by atoms with Crippen LogP contribution >= 0.6 is 0 Å². The fourth-order valence-electron chi connectivity index (χ4n) is 9.21. The first-order valence-electron chi connectivity index (χ1n) is 13.1. The molecule has 0 bridgehead atoms. The van der Waals surface area contributed by atoms with E-state index >= 15 is 0 Å². The first kappa shape index (κ1) is 24.6. The lowest BCUT2D eigenvalue weighted by Crippen LogP contribution is -2.57. The Bertz CT molecular complexity index is 708. The van der Waals surface area contributed by atoms with Crippen LogP contribution in [0.3, 0.4) is 0 Å². The predicted molar refractivity (Wildman–Crippen MR) is 124 cm³/mol. The summed E-state index contributed by atoms with van der Waals surface area (Å²) in [4.78, 5) is 13.3. The van der Waals surface area contributed by atoms with Gasteiger partial charge < -0.3 is 20.4 Å². The van der Waals surface area contributed by atoms with E-state index in [1.54, 1.807) is 0 Å². The lowest BCUT2D eigenvalue weighted by atomic mass is 9.44. The third-order valence-electron chi connectivity index (χ3n) is 10.8. The van der Waals surface area contributed by atoms with E-state index in [1.807, 2.05) is 13.8 Å². The molecule has 5 nitrogen and oxygen atoms in total. The topological polar surface area (TPSA) is 98.0 Å². The fourth-order valence-corrected chi connectivity index (χ4v) is 9.21. The van der Waals surface area contributed by atoms with Gasteiger partial charge in [0, 0.05) is 12.3 Å². The maximum absolute atomic E-state index is 13.3. The lowest BCUT2D eigenvalue weighted by Gasteiger charge is -2.60. The number of ketones is 1. The molecule has 0 amide bonds. The van der Waals surface area contributed by atoms with Gasteiger partial charge in [0.15, 0.2) is 0 Å². The summed E-state index contributed by atoms with van der Waals surface area (Å²) in [6.07, 6.45) is 4.03. The predicted octanol–water partition coefficient (Wildman–Crippen LogP) is 3.56. The Balaban J connectivity index is 1.56. The molecule has 0 saturated heterocycles. The molecule has 12 atom stereocenters. The second kappa shape index (κ2) is 8.62. The van der Waals surface area contributed by atoms with E-state index in [1.165, 1.54) is 0 Å². The first-order chi connectivity index (χ1) is 14.9. The Morgan fingerprint density at radius 3 is 2.28 bits per heavy atom. The van der Waals surface area contributed by atoms with Gasteiger partial charge in [0.1, 0.15) is 5.78 Å². The highest BCUT2D eigenvalue weighted by atomic mass is 16.3. The molecular formula is C27H46O5. The number of aliphatic hydroxyl groups excluding tert-OH is 4. The second-order valence-electron chi connectivity index (χ2n) is 12.9. The maximum Gasteiger partial charge on any atom is 0.136 e. The maximum atomic E-state index is 13.3. The number of fused-ring (bicyclic) bond motifs is 5. The highest BCUT2D eigenvalue weighted by Crippen LogP contribution is 2.67. The van der Waals surface area contributed by atoms with Crippen molar-refractivity contribution >= 4 is 5.78 Å². The molecular weight excluding hydrogens is 404 g/mol. The van der Waals surface area contributed by atoms with E-state index in [2.05, 4.69) is 20.8 Å². The first-order valence-corrected chi connectivity index (χ1v) is 13.1. The summed E-state index contributed by atoms with van der Waals surface area (Å²) in [5, 5.41) is 42.4. The Labute approximate surface area is 194 Å². The Morgan fingerprint density at radius 2 is 1.62 bits per heavy atom. The fraction of sp³-hybridized carbons (Fsp3) is 0.963. The third-order valence-corrected chi connectivity index (χ3v) is 10.8. The van der Waals surface area contributed by atoms with E-state index in [0.717, 1.165) is 32.1 Å². The van der Waals surface area contributed by atoms with Gasteiger partial charge in [0.2, 0.25) is 0 Å². The van der Waals surface area contributed by atoms with Gasteiger partial charge in [-0.15, -0.1) is 0 Å². The van der Waals surface area contributed by atoms with Gasteiger partial charge in [-0.25, -0.2) is 0 Å². The molecule has 0 aromatic rings. The monoisotopic (exact) mass is 450 g/mol. The van der Waals surface area contributed by atoms with Crippen molar-refractivity contribution in [1.29, 1.82) is 0 Å². The summed E-state index contributed by atoms with van der Waals surface area (Å²) in [5.74, 6) is 1.64. The Kier molecular flexibility index (Phi) is 6.64. The highest BCUT2D eigenvalue weighted by molar-refractivity contribution is 5.83. The van der Waals surface area contributed by atoms with Crippen molar-refractivity contribution < 1.29 is 25.2 Å². The quantitative estimate of drug-likeness (QED) is 0.513. The molecule has 184 valence electrons. The van der Waals surface area contributed by atoms with Crippen molar-refractivity contribution in [3.8, 4) is 0 Å². The molecule has 0 radical (unpaired) electrons. The molecule has 4 saturated carbocycles. The number of aliphatic hydroxyl groups is 4. The number of rotatable bonds is 5. The molecule has 0 aromatic carbocycles. The van der Waals surface area contributed by atoms with Gasteiger partial charge >= 0.3 is 0 Å². The molecule has 0 heterocycles. The van der Waals surface area contributed by atoms with Crippen molar-refractivity contribution in [3.63, 3.8) is 0 Å². The third kappa shape index (κ3) is 3.79. The van der Waals surface area contributed by atoms with E-state index < -0.39 is 18.3 Å². The van der Waals surface area contributed by atoms with E-state index in [4.69, 9.17) is 0 Å². The molecule has 4 aliphatic rings. The largest absolute Gasteiger partial charge is 0.393 e.